The van der Waals surface area contributed by atoms with E-state index in [-0.39, 0.29) is 0 Å². The van der Waals surface area contributed by atoms with Gasteiger partial charge in [0, 0.05) is 5.75 Å². The molecule has 0 bridgehead atoms. The van der Waals surface area contributed by atoms with Crippen LogP contribution in [0.5, 0.6) is 0 Å². The largest absolute Gasteiger partial charge is 0.337 e. The highest BCUT2D eigenvalue weighted by atomic mass is 32.2. The molecule has 70 valence electrons. The average molecular weight is 238 g/mol. The smallest absolute Gasteiger partial charge is 0.159 e. The monoisotopic (exact) mass is 238 g/mol. The van der Waals surface area contributed by atoms with Gasteiger partial charge >= 0.3 is 0 Å². The average Bonchev–Trinajstić information content (AvgIpc) is 2.55. The van der Waals surface area contributed by atoms with Gasteiger partial charge in [-0.15, -0.1) is 11.3 Å². The van der Waals surface area contributed by atoms with E-state index in [1.54, 1.807) is 11.3 Å². The van der Waals surface area contributed by atoms with Crippen LogP contribution in [0.15, 0.2) is 18.2 Å². The second-order valence-electron chi connectivity index (χ2n) is 2.68. The highest BCUT2D eigenvalue weighted by Crippen LogP contribution is 2.25. The Bertz CT molecular complexity index is 547. The fourth-order valence-corrected chi connectivity index (χ4v) is 2.88. The second kappa shape index (κ2) is 4.13. The van der Waals surface area contributed by atoms with Crippen molar-refractivity contribution in [1.29, 1.82) is 5.26 Å². The zero-order chi connectivity index (χ0) is 9.97. The van der Waals surface area contributed by atoms with Crippen LogP contribution in [0.1, 0.15) is 5.56 Å². The Morgan fingerprint density at radius 2 is 2.43 bits per heavy atom. The van der Waals surface area contributed by atoms with Crippen LogP contribution in [0.4, 0.5) is 0 Å². The van der Waals surface area contributed by atoms with Crippen molar-refractivity contribution in [1.82, 2.24) is 4.98 Å². The number of rotatable bonds is 2. The van der Waals surface area contributed by atoms with E-state index in [0.717, 1.165) is 19.7 Å². The van der Waals surface area contributed by atoms with Crippen molar-refractivity contribution < 1.29 is 0 Å². The number of fused-ring (bicyclic) bond motifs is 1. The van der Waals surface area contributed by atoms with Gasteiger partial charge in [-0.25, -0.2) is 0 Å². The van der Waals surface area contributed by atoms with Gasteiger partial charge in [0.05, 0.1) is 10.2 Å². The molecule has 1 aromatic carbocycles. The lowest BCUT2D eigenvalue weighted by Gasteiger charge is -1.97. The van der Waals surface area contributed by atoms with Crippen LogP contribution in [0.2, 0.25) is 0 Å². The molecule has 0 aliphatic carbocycles. The van der Waals surface area contributed by atoms with E-state index in [9.17, 15) is 0 Å². The maximum Gasteiger partial charge on any atom is 0.159 e. The van der Waals surface area contributed by atoms with Gasteiger partial charge in [-0.05, 0) is 35.6 Å². The molecule has 2 rings (SSSR count). The molecule has 2 aromatic rings. The molecule has 2 nitrogen and oxygen atoms in total. The highest BCUT2D eigenvalue weighted by molar-refractivity contribution is 8.03. The Kier molecular flexibility index (Phi) is 2.87. The number of aromatic nitrogens is 1. The first-order valence-corrected chi connectivity index (χ1v) is 6.14. The summed E-state index contributed by atoms with van der Waals surface area (Å²) in [6.07, 6.45) is 0. The van der Waals surface area contributed by atoms with Crippen LogP contribution >= 0.6 is 35.3 Å². The highest BCUT2D eigenvalue weighted by Gasteiger charge is 2.02. The SMILES string of the molecule is N#CSCc1cccc2sc(=S)[nH]c12. The summed E-state index contributed by atoms with van der Waals surface area (Å²) in [5, 5.41) is 10.6. The normalized spacial score (nSPS) is 10.2. The van der Waals surface area contributed by atoms with Crippen molar-refractivity contribution in [3.8, 4) is 5.40 Å². The molecule has 0 unspecified atom stereocenters. The molecule has 0 saturated carbocycles. The molecule has 1 aromatic heterocycles. The van der Waals surface area contributed by atoms with Crippen LogP contribution in [-0.2, 0) is 5.75 Å². The fourth-order valence-electron chi connectivity index (χ4n) is 1.26. The van der Waals surface area contributed by atoms with E-state index in [2.05, 4.69) is 10.4 Å². The minimum atomic E-state index is 0.704. The molecular formula is C9H6N2S3. The van der Waals surface area contributed by atoms with Crippen LogP contribution in [-0.4, -0.2) is 4.98 Å². The Morgan fingerprint density at radius 3 is 3.21 bits per heavy atom. The molecule has 1 heterocycles. The Balaban J connectivity index is 2.54. The summed E-state index contributed by atoms with van der Waals surface area (Å²) in [6.45, 7) is 0. The van der Waals surface area contributed by atoms with Gasteiger partial charge in [0.25, 0.3) is 0 Å². The number of benzene rings is 1. The Morgan fingerprint density at radius 1 is 1.57 bits per heavy atom. The number of nitrogens with one attached hydrogen (secondary N) is 1. The first kappa shape index (κ1) is 9.71. The van der Waals surface area contributed by atoms with Crippen molar-refractivity contribution in [2.24, 2.45) is 0 Å². The number of aromatic amines is 1. The lowest BCUT2D eigenvalue weighted by molar-refractivity contribution is 1.38. The number of nitriles is 1. The van der Waals surface area contributed by atoms with E-state index in [1.807, 2.05) is 18.2 Å². The molecular weight excluding hydrogens is 232 g/mol. The van der Waals surface area contributed by atoms with Gasteiger partial charge in [0.2, 0.25) is 0 Å². The number of nitrogens with zero attached hydrogens (tertiary/aromatic N) is 1. The van der Waals surface area contributed by atoms with E-state index in [1.165, 1.54) is 11.8 Å². The number of thioether (sulfide) groups is 1. The third-order valence-corrected chi connectivity index (χ3v) is 3.62. The van der Waals surface area contributed by atoms with Crippen molar-refractivity contribution >= 4 is 45.5 Å². The van der Waals surface area contributed by atoms with E-state index >= 15 is 0 Å². The van der Waals surface area contributed by atoms with Gasteiger partial charge in [-0.3, -0.25) is 0 Å². The number of hydrogen-bond donors (Lipinski definition) is 1. The number of hydrogen-bond acceptors (Lipinski definition) is 4. The van der Waals surface area contributed by atoms with Gasteiger partial charge in [0.15, 0.2) is 3.95 Å². The molecule has 0 atom stereocenters. The fraction of sp³-hybridized carbons (Fsp3) is 0.111. The first-order valence-electron chi connectivity index (χ1n) is 3.93. The van der Waals surface area contributed by atoms with Crippen molar-refractivity contribution in [2.45, 2.75) is 5.75 Å². The summed E-state index contributed by atoms with van der Waals surface area (Å²) < 4.78 is 1.94. The first-order chi connectivity index (χ1) is 6.81. The van der Waals surface area contributed by atoms with Gasteiger partial charge in [-0.2, -0.15) is 5.26 Å². The molecule has 5 heteroatoms. The molecule has 0 fully saturated rings. The summed E-state index contributed by atoms with van der Waals surface area (Å²) in [7, 11) is 0. The predicted molar refractivity (Wildman–Crippen MR) is 63.9 cm³/mol. The molecule has 0 spiro atoms. The summed E-state index contributed by atoms with van der Waals surface area (Å²) in [6, 6.07) is 6.05. The minimum absolute atomic E-state index is 0.704. The van der Waals surface area contributed by atoms with Crippen LogP contribution in [0.25, 0.3) is 10.2 Å². The van der Waals surface area contributed by atoms with Gasteiger partial charge in [0.1, 0.15) is 5.40 Å². The molecule has 0 aliphatic heterocycles. The molecule has 0 radical (unpaired) electrons. The van der Waals surface area contributed by atoms with Crippen molar-refractivity contribution in [2.75, 3.05) is 0 Å². The summed E-state index contributed by atoms with van der Waals surface area (Å²) in [4.78, 5) is 3.15. The maximum atomic E-state index is 8.49. The number of thiocyanates is 1. The van der Waals surface area contributed by atoms with Gasteiger partial charge < -0.3 is 4.98 Å². The van der Waals surface area contributed by atoms with Crippen LogP contribution < -0.4 is 0 Å². The zero-order valence-electron chi connectivity index (χ0n) is 7.11. The summed E-state index contributed by atoms with van der Waals surface area (Å²) in [5.41, 5.74) is 2.21. The minimum Gasteiger partial charge on any atom is -0.337 e. The zero-order valence-corrected chi connectivity index (χ0v) is 9.56. The third kappa shape index (κ3) is 1.82. The molecule has 0 aliphatic rings. The number of para-hydroxylation sites is 1. The lowest BCUT2D eigenvalue weighted by atomic mass is 10.2. The van der Waals surface area contributed by atoms with E-state index in [4.69, 9.17) is 17.5 Å². The number of thiazole rings is 1. The van der Waals surface area contributed by atoms with Crippen molar-refractivity contribution in [3.63, 3.8) is 0 Å². The molecule has 14 heavy (non-hydrogen) atoms. The molecule has 0 saturated heterocycles. The van der Waals surface area contributed by atoms with Crippen molar-refractivity contribution in [3.05, 3.63) is 27.7 Å². The topological polar surface area (TPSA) is 39.6 Å². The van der Waals surface area contributed by atoms with E-state index in [0.29, 0.717) is 5.75 Å². The van der Waals surface area contributed by atoms with Gasteiger partial charge in [-0.1, -0.05) is 12.1 Å². The summed E-state index contributed by atoms with van der Waals surface area (Å²) >= 11 is 7.88. The second-order valence-corrected chi connectivity index (χ2v) is 5.16. The standard InChI is InChI=1S/C9H6N2S3/c10-5-13-4-6-2-1-3-7-8(6)11-9(12)14-7/h1-3H,4H2,(H,11,12). The lowest BCUT2D eigenvalue weighted by Crippen LogP contribution is -1.81. The number of H-pyrrole nitrogens is 1. The summed E-state index contributed by atoms with van der Waals surface area (Å²) in [5.74, 6) is 0.704. The Hall–Kier alpha value is -0.830. The predicted octanol–water partition coefficient (Wildman–Crippen LogP) is 3.67. The third-order valence-electron chi connectivity index (χ3n) is 1.83. The molecule has 0 amide bonds. The van der Waals surface area contributed by atoms with E-state index < -0.39 is 0 Å². The van der Waals surface area contributed by atoms with Crippen LogP contribution in [0.3, 0.4) is 0 Å². The Labute approximate surface area is 94.6 Å². The van der Waals surface area contributed by atoms with Crippen LogP contribution in [0, 0.1) is 14.6 Å². The molecule has 1 N–H and O–H groups in total. The maximum absolute atomic E-state index is 8.49. The quantitative estimate of drug-likeness (QED) is 0.641.